The molecule has 0 bridgehead atoms. The summed E-state index contributed by atoms with van der Waals surface area (Å²) < 4.78 is 0. The second kappa shape index (κ2) is 10.0. The van der Waals surface area contributed by atoms with E-state index in [1.165, 1.54) is 32.0 Å². The summed E-state index contributed by atoms with van der Waals surface area (Å²) in [5.74, 6) is 0.424. The van der Waals surface area contributed by atoms with Gasteiger partial charge in [-0.3, -0.25) is 9.88 Å². The minimum absolute atomic E-state index is 0.0669. The molecule has 1 fully saturated rings. The highest BCUT2D eigenvalue weighted by atomic mass is 32.2. The molecule has 5 rings (SSSR count). The van der Waals surface area contributed by atoms with Gasteiger partial charge < -0.3 is 15.2 Å². The smallest absolute Gasteiger partial charge is 0.317 e. The summed E-state index contributed by atoms with van der Waals surface area (Å²) in [4.78, 5) is 26.5. The number of piperidine rings is 1. The van der Waals surface area contributed by atoms with Crippen LogP contribution in [-0.2, 0) is 6.42 Å². The van der Waals surface area contributed by atoms with Gasteiger partial charge in [0.15, 0.2) is 0 Å². The Balaban J connectivity index is 1.49. The van der Waals surface area contributed by atoms with E-state index in [1.54, 1.807) is 11.8 Å². The SMILES string of the molecule is CCCN1C[C@@H](NC(=O)N(CC)CC)C[C@@H]2c3cccc4[nH]c(Sc5ccncc5)c(c34)C[C@H]21. The Morgan fingerprint density at radius 2 is 2.00 bits per heavy atom. The van der Waals surface area contributed by atoms with Crippen molar-refractivity contribution in [1.29, 1.82) is 0 Å². The average Bonchev–Trinajstić information content (AvgIpc) is 3.19. The quantitative estimate of drug-likeness (QED) is 0.487. The monoisotopic (exact) mass is 477 g/mol. The number of carbonyl (C=O) groups excluding carboxylic acids is 1. The summed E-state index contributed by atoms with van der Waals surface area (Å²) >= 11 is 1.80. The van der Waals surface area contributed by atoms with Gasteiger partial charge in [-0.1, -0.05) is 30.8 Å². The molecular weight excluding hydrogens is 442 g/mol. The largest absolute Gasteiger partial charge is 0.349 e. The summed E-state index contributed by atoms with van der Waals surface area (Å²) in [6, 6.07) is 11.5. The maximum atomic E-state index is 12.8. The van der Waals surface area contributed by atoms with Gasteiger partial charge in [0.05, 0.1) is 5.03 Å². The lowest BCUT2D eigenvalue weighted by Gasteiger charge is -2.47. The average molecular weight is 478 g/mol. The van der Waals surface area contributed by atoms with Crippen molar-refractivity contribution < 1.29 is 4.79 Å². The third-order valence-electron chi connectivity index (χ3n) is 7.42. The van der Waals surface area contributed by atoms with E-state index in [2.05, 4.69) is 57.4 Å². The number of likely N-dealkylation sites (tertiary alicyclic amines) is 1. The predicted octanol–water partition coefficient (Wildman–Crippen LogP) is 5.26. The molecule has 0 radical (unpaired) electrons. The van der Waals surface area contributed by atoms with Crippen molar-refractivity contribution in [1.82, 2.24) is 25.1 Å². The van der Waals surface area contributed by atoms with Crippen molar-refractivity contribution in [2.75, 3.05) is 26.2 Å². The van der Waals surface area contributed by atoms with E-state index in [9.17, 15) is 4.79 Å². The minimum atomic E-state index is 0.0669. The van der Waals surface area contributed by atoms with Crippen LogP contribution >= 0.6 is 11.8 Å². The number of hydrogen-bond donors (Lipinski definition) is 2. The maximum Gasteiger partial charge on any atom is 0.317 e. The molecule has 0 unspecified atom stereocenters. The molecule has 2 N–H and O–H groups in total. The van der Waals surface area contributed by atoms with Gasteiger partial charge in [-0.25, -0.2) is 4.79 Å². The van der Waals surface area contributed by atoms with Crippen LogP contribution in [-0.4, -0.2) is 64.1 Å². The van der Waals surface area contributed by atoms with E-state index >= 15 is 0 Å². The van der Waals surface area contributed by atoms with Crippen LogP contribution in [0.2, 0.25) is 0 Å². The summed E-state index contributed by atoms with van der Waals surface area (Å²) in [5.41, 5.74) is 4.10. The molecule has 0 saturated carbocycles. The summed E-state index contributed by atoms with van der Waals surface area (Å²) in [7, 11) is 0. The van der Waals surface area contributed by atoms with Crippen molar-refractivity contribution in [2.24, 2.45) is 0 Å². The Bertz CT molecular complexity index is 1140. The minimum Gasteiger partial charge on any atom is -0.349 e. The van der Waals surface area contributed by atoms with Gasteiger partial charge in [-0.15, -0.1) is 0 Å². The summed E-state index contributed by atoms with van der Waals surface area (Å²) in [6.07, 6.45) is 6.87. The molecule has 2 aromatic heterocycles. The molecule has 1 aliphatic heterocycles. The van der Waals surface area contributed by atoms with Gasteiger partial charge in [0, 0.05) is 65.8 Å². The number of nitrogens with one attached hydrogen (secondary N) is 2. The number of hydrogen-bond acceptors (Lipinski definition) is 4. The highest BCUT2D eigenvalue weighted by Crippen LogP contribution is 2.47. The van der Waals surface area contributed by atoms with Crippen LogP contribution in [0.15, 0.2) is 52.6 Å². The fourth-order valence-electron chi connectivity index (χ4n) is 5.89. The number of H-pyrrole nitrogens is 1. The number of urea groups is 1. The molecule has 1 aromatic carbocycles. The molecule has 1 aliphatic carbocycles. The van der Waals surface area contributed by atoms with Crippen molar-refractivity contribution in [3.8, 4) is 0 Å². The normalized spacial score (nSPS) is 21.9. The van der Waals surface area contributed by atoms with Gasteiger partial charge in [0.25, 0.3) is 0 Å². The lowest BCUT2D eigenvalue weighted by Crippen LogP contribution is -2.57. The molecule has 3 atom stereocenters. The number of benzene rings is 1. The topological polar surface area (TPSA) is 64.3 Å². The summed E-state index contributed by atoms with van der Waals surface area (Å²) in [6.45, 7) is 9.79. The highest BCUT2D eigenvalue weighted by Gasteiger charge is 2.42. The van der Waals surface area contributed by atoms with Crippen LogP contribution in [0.1, 0.15) is 50.7 Å². The van der Waals surface area contributed by atoms with E-state index in [0.717, 1.165) is 45.4 Å². The Kier molecular flexibility index (Phi) is 6.84. The number of rotatable bonds is 7. The van der Waals surface area contributed by atoms with Crippen LogP contribution in [0, 0.1) is 0 Å². The Labute approximate surface area is 206 Å². The number of carbonyl (C=O) groups is 1. The molecule has 0 spiro atoms. The maximum absolute atomic E-state index is 12.8. The third kappa shape index (κ3) is 4.31. The van der Waals surface area contributed by atoms with Gasteiger partial charge in [-0.2, -0.15) is 0 Å². The molecule has 2 aliphatic rings. The predicted molar refractivity (Wildman–Crippen MR) is 139 cm³/mol. The molecule has 7 heteroatoms. The number of pyridine rings is 1. The van der Waals surface area contributed by atoms with Gasteiger partial charge in [0.1, 0.15) is 0 Å². The van der Waals surface area contributed by atoms with E-state index in [1.807, 2.05) is 31.1 Å². The van der Waals surface area contributed by atoms with Gasteiger partial charge in [0.2, 0.25) is 0 Å². The first-order valence-electron chi connectivity index (χ1n) is 12.6. The molecule has 1 saturated heterocycles. The van der Waals surface area contributed by atoms with Crippen molar-refractivity contribution in [3.05, 3.63) is 53.9 Å². The van der Waals surface area contributed by atoms with Crippen LogP contribution in [0.5, 0.6) is 0 Å². The van der Waals surface area contributed by atoms with E-state index in [-0.39, 0.29) is 12.1 Å². The number of fused-ring (bicyclic) bond motifs is 2. The Morgan fingerprint density at radius 1 is 1.21 bits per heavy atom. The lowest BCUT2D eigenvalue weighted by atomic mass is 9.73. The summed E-state index contributed by atoms with van der Waals surface area (Å²) in [5, 5.41) is 6.01. The van der Waals surface area contributed by atoms with E-state index < -0.39 is 0 Å². The number of amides is 2. The number of aromatic nitrogens is 2. The first kappa shape index (κ1) is 23.2. The van der Waals surface area contributed by atoms with Crippen molar-refractivity contribution in [2.45, 2.75) is 68.0 Å². The zero-order valence-corrected chi connectivity index (χ0v) is 21.2. The number of nitrogens with zero attached hydrogens (tertiary/aromatic N) is 3. The Morgan fingerprint density at radius 3 is 2.74 bits per heavy atom. The van der Waals surface area contributed by atoms with Crippen molar-refractivity contribution in [3.63, 3.8) is 0 Å². The van der Waals surface area contributed by atoms with Gasteiger partial charge in [-0.05, 0) is 69.0 Å². The molecule has 180 valence electrons. The molecule has 3 aromatic rings. The third-order valence-corrected chi connectivity index (χ3v) is 8.48. The first-order valence-corrected chi connectivity index (χ1v) is 13.4. The highest BCUT2D eigenvalue weighted by molar-refractivity contribution is 7.99. The van der Waals surface area contributed by atoms with Crippen LogP contribution in [0.25, 0.3) is 10.9 Å². The number of aromatic amines is 1. The second-order valence-electron chi connectivity index (χ2n) is 9.41. The van der Waals surface area contributed by atoms with E-state index in [0.29, 0.717) is 12.0 Å². The van der Waals surface area contributed by atoms with Crippen LogP contribution in [0.3, 0.4) is 0 Å². The Hall–Kier alpha value is -2.51. The fraction of sp³-hybridized carbons (Fsp3) is 0.481. The van der Waals surface area contributed by atoms with Crippen molar-refractivity contribution >= 4 is 28.7 Å². The molecule has 6 nitrogen and oxygen atoms in total. The molecular formula is C27H35N5OS. The molecule has 2 amide bonds. The lowest BCUT2D eigenvalue weighted by molar-refractivity contribution is 0.0976. The van der Waals surface area contributed by atoms with Crippen LogP contribution in [0.4, 0.5) is 4.79 Å². The second-order valence-corrected chi connectivity index (χ2v) is 10.5. The van der Waals surface area contributed by atoms with Gasteiger partial charge >= 0.3 is 6.03 Å². The molecule has 34 heavy (non-hydrogen) atoms. The van der Waals surface area contributed by atoms with E-state index in [4.69, 9.17) is 0 Å². The van der Waals surface area contributed by atoms with Crippen LogP contribution < -0.4 is 5.32 Å². The zero-order valence-electron chi connectivity index (χ0n) is 20.4. The standard InChI is InChI=1S/C27H35N5OS/c1-4-14-32-17-18(29-27(33)31(5-2)6-3)15-21-20-8-7-9-23-25(20)22(16-24(21)32)26(30-23)34-19-10-12-28-13-11-19/h7-13,18,21,24,30H,4-6,14-17H2,1-3H3,(H,29,33)/t18-,21+,24+/m0/s1. The zero-order chi connectivity index (χ0) is 23.7. The molecule has 3 heterocycles. The fourth-order valence-corrected chi connectivity index (χ4v) is 6.85. The first-order chi connectivity index (χ1) is 16.6.